The number of aromatic nitrogens is 1. The van der Waals surface area contributed by atoms with Crippen molar-refractivity contribution in [1.29, 1.82) is 0 Å². The number of amides is 2. The van der Waals surface area contributed by atoms with Crippen molar-refractivity contribution in [1.82, 2.24) is 20.1 Å². The van der Waals surface area contributed by atoms with Gasteiger partial charge >= 0.3 is 0 Å². The summed E-state index contributed by atoms with van der Waals surface area (Å²) in [6, 6.07) is 9.64. The van der Waals surface area contributed by atoms with Gasteiger partial charge in [-0.3, -0.25) is 19.4 Å². The van der Waals surface area contributed by atoms with Crippen molar-refractivity contribution in [2.24, 2.45) is 5.92 Å². The number of ether oxygens (including phenoxy) is 1. The van der Waals surface area contributed by atoms with Gasteiger partial charge in [0.15, 0.2) is 0 Å². The Balaban J connectivity index is 0.000000751. The topological polar surface area (TPSA) is 112 Å². The van der Waals surface area contributed by atoms with Gasteiger partial charge in [0.25, 0.3) is 11.9 Å². The Morgan fingerprint density at radius 3 is 2.68 bits per heavy atom. The highest BCUT2D eigenvalue weighted by Crippen LogP contribution is 2.18. The van der Waals surface area contributed by atoms with Crippen LogP contribution in [0.1, 0.15) is 34.8 Å². The monoisotopic (exact) mass is 468 g/mol. The highest BCUT2D eigenvalue weighted by molar-refractivity contribution is 5.97. The van der Waals surface area contributed by atoms with E-state index in [0.717, 1.165) is 49.7 Å². The Labute approximate surface area is 199 Å². The molecular weight excluding hydrogens is 436 g/mol. The molecule has 1 atom stereocenters. The van der Waals surface area contributed by atoms with Gasteiger partial charge in [-0.1, -0.05) is 12.1 Å². The van der Waals surface area contributed by atoms with E-state index in [-0.39, 0.29) is 18.4 Å². The van der Waals surface area contributed by atoms with Gasteiger partial charge in [-0.15, -0.1) is 0 Å². The highest BCUT2D eigenvalue weighted by atomic mass is 16.5. The van der Waals surface area contributed by atoms with Gasteiger partial charge in [-0.05, 0) is 61.2 Å². The third kappa shape index (κ3) is 7.28. The van der Waals surface area contributed by atoms with Crippen LogP contribution in [0.15, 0.2) is 42.7 Å². The first kappa shape index (κ1) is 25.2. The molecule has 2 amide bonds. The molecule has 34 heavy (non-hydrogen) atoms. The molecule has 2 N–H and O–H groups in total. The number of methoxy groups -OCH3 is 1. The molecule has 0 radical (unpaired) electrons. The molecule has 2 aromatic rings. The molecule has 2 saturated heterocycles. The third-order valence-corrected chi connectivity index (χ3v) is 5.84. The minimum absolute atomic E-state index is 0.0430. The molecule has 1 aromatic carbocycles. The summed E-state index contributed by atoms with van der Waals surface area (Å²) in [6.45, 7) is 4.80. The molecule has 2 aliphatic heterocycles. The number of pyridine rings is 1. The molecule has 0 spiro atoms. The van der Waals surface area contributed by atoms with Crippen LogP contribution >= 0.6 is 0 Å². The Morgan fingerprint density at radius 2 is 2.00 bits per heavy atom. The molecule has 182 valence electrons. The average molecular weight is 469 g/mol. The molecule has 1 aromatic heterocycles. The van der Waals surface area contributed by atoms with E-state index < -0.39 is 5.97 Å². The van der Waals surface area contributed by atoms with Crippen LogP contribution in [0.25, 0.3) is 0 Å². The number of hydrogen-bond donors (Lipinski definition) is 2. The number of piperazine rings is 1. The molecule has 2 fully saturated rings. The van der Waals surface area contributed by atoms with Crippen LogP contribution in [-0.2, 0) is 22.6 Å². The lowest BCUT2D eigenvalue weighted by Gasteiger charge is -2.34. The zero-order valence-electron chi connectivity index (χ0n) is 19.7. The maximum Gasteiger partial charge on any atom is 0.300 e. The fourth-order valence-electron chi connectivity index (χ4n) is 4.16. The highest BCUT2D eigenvalue weighted by Gasteiger charge is 2.28. The van der Waals surface area contributed by atoms with Crippen molar-refractivity contribution in [3.8, 4) is 5.75 Å². The van der Waals surface area contributed by atoms with Crippen molar-refractivity contribution in [3.05, 3.63) is 59.4 Å². The summed E-state index contributed by atoms with van der Waals surface area (Å²) in [5.41, 5.74) is 2.66. The summed E-state index contributed by atoms with van der Waals surface area (Å²) in [5.74, 6) is 0.371. The van der Waals surface area contributed by atoms with Crippen LogP contribution < -0.4 is 10.1 Å². The van der Waals surface area contributed by atoms with Crippen LogP contribution in [0.2, 0.25) is 0 Å². The molecule has 0 saturated carbocycles. The quantitative estimate of drug-likeness (QED) is 0.665. The van der Waals surface area contributed by atoms with Gasteiger partial charge in [-0.2, -0.15) is 0 Å². The summed E-state index contributed by atoms with van der Waals surface area (Å²) < 4.78 is 5.25. The molecule has 4 rings (SSSR count). The van der Waals surface area contributed by atoms with Crippen molar-refractivity contribution in [2.45, 2.75) is 26.3 Å². The summed E-state index contributed by atoms with van der Waals surface area (Å²) in [7, 11) is 1.63. The summed E-state index contributed by atoms with van der Waals surface area (Å²) in [4.78, 5) is 42.3. The third-order valence-electron chi connectivity index (χ3n) is 5.84. The van der Waals surface area contributed by atoms with E-state index in [4.69, 9.17) is 14.6 Å². The first-order valence-electron chi connectivity index (χ1n) is 11.4. The minimum atomic E-state index is -0.833. The second-order valence-electron chi connectivity index (χ2n) is 8.56. The number of carboxylic acids is 1. The maximum atomic E-state index is 13.0. The van der Waals surface area contributed by atoms with E-state index in [1.807, 2.05) is 36.5 Å². The van der Waals surface area contributed by atoms with Crippen molar-refractivity contribution in [3.63, 3.8) is 0 Å². The lowest BCUT2D eigenvalue weighted by atomic mass is 9.99. The minimum Gasteiger partial charge on any atom is -0.497 e. The van der Waals surface area contributed by atoms with Gasteiger partial charge in [0.05, 0.1) is 12.7 Å². The Kier molecular flexibility index (Phi) is 8.98. The molecule has 9 nitrogen and oxygen atoms in total. The SMILES string of the molecule is CC(=O)O.COc1cccc(CN2CCN(C(=O)c3cncc(CC4CCNC4)c3)CC2=O)c1. The molecule has 3 heterocycles. The maximum absolute atomic E-state index is 13.0. The molecule has 2 aliphatic rings. The predicted molar refractivity (Wildman–Crippen MR) is 127 cm³/mol. The van der Waals surface area contributed by atoms with Crippen LogP contribution in [0.4, 0.5) is 0 Å². The number of nitrogens with zero attached hydrogens (tertiary/aromatic N) is 3. The van der Waals surface area contributed by atoms with Gasteiger partial charge < -0.3 is 25.0 Å². The van der Waals surface area contributed by atoms with E-state index in [9.17, 15) is 9.59 Å². The van der Waals surface area contributed by atoms with E-state index in [1.54, 1.807) is 23.1 Å². The van der Waals surface area contributed by atoms with Crippen molar-refractivity contribution >= 4 is 17.8 Å². The first-order chi connectivity index (χ1) is 16.4. The first-order valence-corrected chi connectivity index (χ1v) is 11.4. The summed E-state index contributed by atoms with van der Waals surface area (Å²) in [5, 5.41) is 10.8. The van der Waals surface area contributed by atoms with E-state index in [0.29, 0.717) is 31.1 Å². The number of nitrogens with one attached hydrogen (secondary N) is 1. The van der Waals surface area contributed by atoms with Gasteiger partial charge in [-0.25, -0.2) is 0 Å². The number of carbonyl (C=O) groups is 3. The zero-order chi connectivity index (χ0) is 24.5. The van der Waals surface area contributed by atoms with Crippen LogP contribution in [-0.4, -0.2) is 77.5 Å². The average Bonchev–Trinajstić information content (AvgIpc) is 3.33. The Hall–Kier alpha value is -3.46. The zero-order valence-corrected chi connectivity index (χ0v) is 19.7. The molecule has 9 heteroatoms. The number of carboxylic acid groups (broad SMARTS) is 1. The normalized spacial score (nSPS) is 17.7. The predicted octanol–water partition coefficient (Wildman–Crippen LogP) is 1.82. The van der Waals surface area contributed by atoms with E-state index in [1.165, 1.54) is 0 Å². The van der Waals surface area contributed by atoms with Crippen LogP contribution in [0, 0.1) is 5.92 Å². The molecule has 1 unspecified atom stereocenters. The molecular formula is C25H32N4O5. The van der Waals surface area contributed by atoms with Crippen molar-refractivity contribution in [2.75, 3.05) is 39.8 Å². The lowest BCUT2D eigenvalue weighted by Crippen LogP contribution is -2.51. The fraction of sp³-hybridized carbons (Fsp3) is 0.440. The number of carbonyl (C=O) groups excluding carboxylic acids is 2. The van der Waals surface area contributed by atoms with Gasteiger partial charge in [0.2, 0.25) is 5.91 Å². The summed E-state index contributed by atoms with van der Waals surface area (Å²) in [6.07, 6.45) is 5.52. The second kappa shape index (κ2) is 12.1. The molecule has 0 bridgehead atoms. The lowest BCUT2D eigenvalue weighted by molar-refractivity contribution is -0.136. The second-order valence-corrected chi connectivity index (χ2v) is 8.56. The van der Waals surface area contributed by atoms with Crippen LogP contribution in [0.5, 0.6) is 5.75 Å². The van der Waals surface area contributed by atoms with E-state index in [2.05, 4.69) is 10.3 Å². The Bertz CT molecular complexity index is 1000. The number of hydrogen-bond acceptors (Lipinski definition) is 6. The number of aliphatic carboxylic acids is 1. The van der Waals surface area contributed by atoms with E-state index >= 15 is 0 Å². The number of benzene rings is 1. The Morgan fingerprint density at radius 1 is 1.21 bits per heavy atom. The van der Waals surface area contributed by atoms with Crippen molar-refractivity contribution < 1.29 is 24.2 Å². The number of rotatable bonds is 6. The summed E-state index contributed by atoms with van der Waals surface area (Å²) >= 11 is 0. The largest absolute Gasteiger partial charge is 0.497 e. The van der Waals surface area contributed by atoms with Crippen LogP contribution in [0.3, 0.4) is 0 Å². The fourth-order valence-corrected chi connectivity index (χ4v) is 4.16. The smallest absolute Gasteiger partial charge is 0.300 e. The molecule has 0 aliphatic carbocycles. The standard InChI is InChI=1S/C23H28N4O3.C2H4O2/c1-30-21-4-2-3-18(11-21)15-26-7-8-27(16-22(26)28)23(29)20-10-19(13-25-14-20)9-17-5-6-24-12-17;1-2(3)4/h2-4,10-11,13-14,17,24H,5-9,12,15-16H2,1H3;1H3,(H,3,4). The van der Waals surface area contributed by atoms with Gasteiger partial charge in [0.1, 0.15) is 12.3 Å². The van der Waals surface area contributed by atoms with Gasteiger partial charge in [0, 0.05) is 39.0 Å².